The predicted molar refractivity (Wildman–Crippen MR) is 87.0 cm³/mol. The van der Waals surface area contributed by atoms with Crippen LogP contribution in [0.15, 0.2) is 18.2 Å². The minimum absolute atomic E-state index is 0.0448. The molecule has 1 aromatic carbocycles. The average molecular weight is 356 g/mol. The van der Waals surface area contributed by atoms with E-state index >= 15 is 0 Å². The van der Waals surface area contributed by atoms with E-state index in [1.807, 2.05) is 25.1 Å². The molecule has 0 aliphatic carbocycles. The van der Waals surface area contributed by atoms with Gasteiger partial charge in [-0.05, 0) is 38.0 Å². The lowest BCUT2D eigenvalue weighted by Crippen LogP contribution is -2.29. The average Bonchev–Trinajstić information content (AvgIpc) is 2.97. The Kier molecular flexibility index (Phi) is 6.06. The van der Waals surface area contributed by atoms with Crippen molar-refractivity contribution >= 4 is 27.5 Å². The van der Waals surface area contributed by atoms with E-state index in [9.17, 15) is 4.79 Å². The molecule has 1 aliphatic rings. The molecular formula is C16H22BrNO3. The van der Waals surface area contributed by atoms with E-state index in [-0.39, 0.29) is 17.9 Å². The number of ether oxygens (including phenoxy) is 2. The Hall–Kier alpha value is -1.07. The quantitative estimate of drug-likeness (QED) is 0.790. The summed E-state index contributed by atoms with van der Waals surface area (Å²) in [6.07, 6.45) is 1.71. The summed E-state index contributed by atoms with van der Waals surface area (Å²) >= 11 is 3.45. The molecule has 1 heterocycles. The number of benzene rings is 1. The van der Waals surface area contributed by atoms with Gasteiger partial charge in [0, 0.05) is 23.2 Å². The first kappa shape index (κ1) is 16.3. The number of anilines is 1. The van der Waals surface area contributed by atoms with E-state index in [4.69, 9.17) is 9.47 Å². The number of rotatable bonds is 6. The van der Waals surface area contributed by atoms with Crippen LogP contribution in [0.3, 0.4) is 0 Å². The Labute approximate surface area is 134 Å². The van der Waals surface area contributed by atoms with Crippen molar-refractivity contribution in [3.05, 3.63) is 23.8 Å². The molecule has 5 heteroatoms. The van der Waals surface area contributed by atoms with Crippen molar-refractivity contribution in [1.29, 1.82) is 0 Å². The lowest BCUT2D eigenvalue weighted by Gasteiger charge is -2.17. The number of alkyl halides is 1. The molecule has 4 nitrogen and oxygen atoms in total. The summed E-state index contributed by atoms with van der Waals surface area (Å²) in [4.78, 5) is 12.4. The second-order valence-electron chi connectivity index (χ2n) is 5.09. The highest BCUT2D eigenvalue weighted by Gasteiger charge is 2.32. The van der Waals surface area contributed by atoms with Crippen molar-refractivity contribution in [3.8, 4) is 5.75 Å². The molecular weight excluding hydrogens is 334 g/mol. The van der Waals surface area contributed by atoms with Crippen molar-refractivity contribution in [1.82, 2.24) is 0 Å². The summed E-state index contributed by atoms with van der Waals surface area (Å²) in [5.74, 6) is 0.848. The maximum atomic E-state index is 12.4. The van der Waals surface area contributed by atoms with Crippen molar-refractivity contribution in [2.75, 3.05) is 18.5 Å². The zero-order valence-electron chi connectivity index (χ0n) is 12.5. The van der Waals surface area contributed by atoms with Crippen LogP contribution < -0.4 is 10.1 Å². The third-order valence-electron chi connectivity index (χ3n) is 3.72. The topological polar surface area (TPSA) is 47.6 Å². The lowest BCUT2D eigenvalue weighted by atomic mass is 9.98. The van der Waals surface area contributed by atoms with Crippen LogP contribution >= 0.6 is 15.9 Å². The van der Waals surface area contributed by atoms with E-state index < -0.39 is 0 Å². The third kappa shape index (κ3) is 3.98. The van der Waals surface area contributed by atoms with Gasteiger partial charge in [-0.1, -0.05) is 22.9 Å². The van der Waals surface area contributed by atoms with Gasteiger partial charge in [0.15, 0.2) is 0 Å². The minimum atomic E-state index is -0.0472. The molecule has 1 fully saturated rings. The number of amides is 1. The maximum Gasteiger partial charge on any atom is 0.230 e. The number of hydrogen-bond donors (Lipinski definition) is 1. The number of carbonyl (C=O) groups excluding carboxylic acids is 1. The van der Waals surface area contributed by atoms with Gasteiger partial charge >= 0.3 is 0 Å². The molecule has 0 radical (unpaired) electrons. The van der Waals surface area contributed by atoms with Crippen LogP contribution in [0.2, 0.25) is 0 Å². The van der Waals surface area contributed by atoms with E-state index in [0.717, 1.165) is 29.8 Å². The van der Waals surface area contributed by atoms with Crippen LogP contribution in [-0.2, 0) is 14.9 Å². The zero-order valence-corrected chi connectivity index (χ0v) is 14.1. The molecule has 1 aromatic rings. The fraction of sp³-hybridized carbons (Fsp3) is 0.562. The number of halogens is 1. The Bertz CT molecular complexity index is 492. The summed E-state index contributed by atoms with van der Waals surface area (Å²) in [7, 11) is 0. The monoisotopic (exact) mass is 355 g/mol. The summed E-state index contributed by atoms with van der Waals surface area (Å²) in [5, 5.41) is 3.69. The minimum Gasteiger partial charge on any atom is -0.494 e. The van der Waals surface area contributed by atoms with E-state index in [1.165, 1.54) is 0 Å². The highest BCUT2D eigenvalue weighted by molar-refractivity contribution is 9.08. The van der Waals surface area contributed by atoms with Crippen molar-refractivity contribution < 1.29 is 14.3 Å². The van der Waals surface area contributed by atoms with Gasteiger partial charge in [-0.2, -0.15) is 0 Å². The van der Waals surface area contributed by atoms with Crippen LogP contribution in [0.1, 0.15) is 32.3 Å². The predicted octanol–water partition coefficient (Wildman–Crippen LogP) is 3.73. The van der Waals surface area contributed by atoms with Crippen molar-refractivity contribution in [3.63, 3.8) is 0 Å². The first-order chi connectivity index (χ1) is 10.2. The molecule has 21 heavy (non-hydrogen) atoms. The second-order valence-corrected chi connectivity index (χ2v) is 5.65. The van der Waals surface area contributed by atoms with E-state index in [2.05, 4.69) is 28.2 Å². The van der Waals surface area contributed by atoms with E-state index in [0.29, 0.717) is 18.5 Å². The van der Waals surface area contributed by atoms with Gasteiger partial charge in [0.1, 0.15) is 5.75 Å². The molecule has 1 N–H and O–H groups in total. The highest BCUT2D eigenvalue weighted by Crippen LogP contribution is 2.28. The van der Waals surface area contributed by atoms with E-state index in [1.54, 1.807) is 0 Å². The van der Waals surface area contributed by atoms with Gasteiger partial charge in [-0.15, -0.1) is 0 Å². The smallest absolute Gasteiger partial charge is 0.230 e. The molecule has 2 rings (SSSR count). The molecule has 0 spiro atoms. The van der Waals surface area contributed by atoms with Gasteiger partial charge in [-0.3, -0.25) is 4.79 Å². The largest absolute Gasteiger partial charge is 0.494 e. The molecule has 1 amide bonds. The SMILES string of the molecule is CCOc1ccc(NC(=O)C2CCOC2CC)cc1CBr. The Morgan fingerprint density at radius 3 is 2.95 bits per heavy atom. The molecule has 2 unspecified atom stereocenters. The fourth-order valence-electron chi connectivity index (χ4n) is 2.64. The first-order valence-electron chi connectivity index (χ1n) is 7.43. The van der Waals surface area contributed by atoms with Gasteiger partial charge in [-0.25, -0.2) is 0 Å². The fourth-order valence-corrected chi connectivity index (χ4v) is 3.08. The Morgan fingerprint density at radius 1 is 1.48 bits per heavy atom. The molecule has 1 aliphatic heterocycles. The van der Waals surface area contributed by atoms with Crippen LogP contribution in [0.4, 0.5) is 5.69 Å². The molecule has 2 atom stereocenters. The second kappa shape index (κ2) is 7.80. The number of hydrogen-bond acceptors (Lipinski definition) is 3. The number of carbonyl (C=O) groups is 1. The summed E-state index contributed by atoms with van der Waals surface area (Å²) in [6, 6.07) is 5.73. The molecule has 0 aromatic heterocycles. The number of nitrogens with one attached hydrogen (secondary N) is 1. The van der Waals surface area contributed by atoms with Crippen LogP contribution in [0, 0.1) is 5.92 Å². The summed E-state index contributed by atoms with van der Waals surface area (Å²) in [5.41, 5.74) is 1.84. The molecule has 0 saturated carbocycles. The summed E-state index contributed by atoms with van der Waals surface area (Å²) < 4.78 is 11.1. The van der Waals surface area contributed by atoms with Crippen molar-refractivity contribution in [2.24, 2.45) is 5.92 Å². The van der Waals surface area contributed by atoms with Crippen LogP contribution in [0.5, 0.6) is 5.75 Å². The lowest BCUT2D eigenvalue weighted by molar-refractivity contribution is -0.121. The summed E-state index contributed by atoms with van der Waals surface area (Å²) in [6.45, 7) is 5.31. The third-order valence-corrected chi connectivity index (χ3v) is 4.32. The maximum absolute atomic E-state index is 12.4. The zero-order chi connectivity index (χ0) is 15.2. The first-order valence-corrected chi connectivity index (χ1v) is 8.55. The van der Waals surface area contributed by atoms with Gasteiger partial charge in [0.25, 0.3) is 0 Å². The van der Waals surface area contributed by atoms with Gasteiger partial charge in [0.2, 0.25) is 5.91 Å². The standard InChI is InChI=1S/C16H22BrNO3/c1-3-14-13(7-8-21-14)16(19)18-12-5-6-15(20-4-2)11(9-12)10-17/h5-6,9,13-14H,3-4,7-8,10H2,1-2H3,(H,18,19). The molecule has 116 valence electrons. The molecule has 1 saturated heterocycles. The van der Waals surface area contributed by atoms with Gasteiger partial charge in [0.05, 0.1) is 18.6 Å². The normalized spacial score (nSPS) is 21.3. The molecule has 0 bridgehead atoms. The van der Waals surface area contributed by atoms with Crippen LogP contribution in [-0.4, -0.2) is 25.2 Å². The Balaban J connectivity index is 2.07. The van der Waals surface area contributed by atoms with Crippen LogP contribution in [0.25, 0.3) is 0 Å². The van der Waals surface area contributed by atoms with Crippen molar-refractivity contribution in [2.45, 2.75) is 38.1 Å². The Morgan fingerprint density at radius 2 is 2.29 bits per heavy atom. The highest BCUT2D eigenvalue weighted by atomic mass is 79.9. The van der Waals surface area contributed by atoms with Gasteiger partial charge < -0.3 is 14.8 Å².